The van der Waals surface area contributed by atoms with E-state index in [0.29, 0.717) is 5.56 Å². The highest BCUT2D eigenvalue weighted by Gasteiger charge is 2.05. The Bertz CT molecular complexity index is 579. The summed E-state index contributed by atoms with van der Waals surface area (Å²) in [6.45, 7) is 1.49. The smallest absolute Gasteiger partial charge is 0.190 e. The lowest BCUT2D eigenvalue weighted by atomic mass is 10.1. The van der Waals surface area contributed by atoms with Gasteiger partial charge in [-0.25, -0.2) is 8.78 Å². The summed E-state index contributed by atoms with van der Waals surface area (Å²) in [6.07, 6.45) is 0. The summed E-state index contributed by atoms with van der Waals surface area (Å²) >= 11 is 1.13. The monoisotopic (exact) mass is 264 g/mol. The summed E-state index contributed by atoms with van der Waals surface area (Å²) in [7, 11) is 0. The van der Waals surface area contributed by atoms with E-state index in [1.165, 1.54) is 13.0 Å². The number of halogens is 2. The number of hydrogen-bond acceptors (Lipinski definition) is 2. The molecule has 2 aromatic carbocycles. The zero-order valence-corrected chi connectivity index (χ0v) is 10.4. The van der Waals surface area contributed by atoms with Gasteiger partial charge in [0.05, 0.1) is 0 Å². The van der Waals surface area contributed by atoms with Crippen LogP contribution in [0.2, 0.25) is 0 Å². The van der Waals surface area contributed by atoms with E-state index in [9.17, 15) is 13.6 Å². The highest BCUT2D eigenvalue weighted by molar-refractivity contribution is 8.13. The van der Waals surface area contributed by atoms with Crippen molar-refractivity contribution in [3.05, 3.63) is 54.1 Å². The molecule has 2 rings (SSSR count). The Morgan fingerprint density at radius 2 is 1.56 bits per heavy atom. The lowest BCUT2D eigenvalue weighted by Gasteiger charge is -2.04. The van der Waals surface area contributed by atoms with Crippen LogP contribution in [-0.4, -0.2) is 5.12 Å². The average molecular weight is 264 g/mol. The van der Waals surface area contributed by atoms with E-state index in [1.807, 2.05) is 0 Å². The van der Waals surface area contributed by atoms with Gasteiger partial charge in [-0.1, -0.05) is 30.0 Å². The molecule has 0 unspecified atom stereocenters. The van der Waals surface area contributed by atoms with Crippen LogP contribution in [0.4, 0.5) is 8.78 Å². The second-order valence-electron chi connectivity index (χ2n) is 3.75. The van der Waals surface area contributed by atoms with Crippen molar-refractivity contribution in [2.75, 3.05) is 0 Å². The quantitative estimate of drug-likeness (QED) is 0.753. The minimum Gasteiger partial charge on any atom is -0.287 e. The van der Waals surface area contributed by atoms with Crippen molar-refractivity contribution in [3.8, 4) is 11.1 Å². The molecule has 0 aromatic heterocycles. The highest BCUT2D eigenvalue weighted by Crippen LogP contribution is 2.25. The molecule has 1 nitrogen and oxygen atoms in total. The first-order valence-corrected chi connectivity index (χ1v) is 6.12. The number of carbonyl (C=O) groups excluding carboxylic acids is 1. The average Bonchev–Trinajstić information content (AvgIpc) is 2.33. The molecule has 0 aliphatic rings. The Labute approximate surface area is 108 Å². The van der Waals surface area contributed by atoms with Crippen LogP contribution in [0.1, 0.15) is 6.92 Å². The van der Waals surface area contributed by atoms with E-state index < -0.39 is 11.6 Å². The summed E-state index contributed by atoms with van der Waals surface area (Å²) < 4.78 is 25.9. The minimum atomic E-state index is -0.866. The molecule has 0 saturated carbocycles. The summed E-state index contributed by atoms with van der Waals surface area (Å²) in [5, 5.41) is 0.00979. The predicted molar refractivity (Wildman–Crippen MR) is 68.3 cm³/mol. The number of hydrogen-bond donors (Lipinski definition) is 0. The van der Waals surface area contributed by atoms with Gasteiger partial charge in [-0.05, 0) is 35.4 Å². The molecule has 0 spiro atoms. The normalized spacial score (nSPS) is 10.4. The molecular weight excluding hydrogens is 254 g/mol. The lowest BCUT2D eigenvalue weighted by Crippen LogP contribution is -1.86. The van der Waals surface area contributed by atoms with Crippen LogP contribution in [0.5, 0.6) is 0 Å². The fourth-order valence-corrected chi connectivity index (χ4v) is 2.16. The Morgan fingerprint density at radius 3 is 2.11 bits per heavy atom. The third kappa shape index (κ3) is 2.96. The van der Waals surface area contributed by atoms with E-state index in [1.54, 1.807) is 24.3 Å². The standard InChI is InChI=1S/C14H10F2OS/c1-9(17)18-12-5-2-10(3-6-12)11-4-7-13(15)14(16)8-11/h2-8H,1H3. The fraction of sp³-hybridized carbons (Fsp3) is 0.0714. The first kappa shape index (κ1) is 12.8. The molecule has 0 saturated heterocycles. The van der Waals surface area contributed by atoms with Crippen LogP contribution in [0, 0.1) is 11.6 Å². The van der Waals surface area contributed by atoms with Gasteiger partial charge in [0.1, 0.15) is 0 Å². The Balaban J connectivity index is 2.28. The van der Waals surface area contributed by atoms with Gasteiger partial charge in [-0.2, -0.15) is 0 Å². The molecule has 0 amide bonds. The van der Waals surface area contributed by atoms with Gasteiger partial charge in [0.2, 0.25) is 0 Å². The second kappa shape index (κ2) is 5.31. The second-order valence-corrected chi connectivity index (χ2v) is 5.00. The Hall–Kier alpha value is -1.68. The van der Waals surface area contributed by atoms with Gasteiger partial charge < -0.3 is 0 Å². The number of benzene rings is 2. The van der Waals surface area contributed by atoms with E-state index in [0.717, 1.165) is 34.4 Å². The van der Waals surface area contributed by atoms with E-state index >= 15 is 0 Å². The molecule has 0 radical (unpaired) electrons. The van der Waals surface area contributed by atoms with E-state index in [-0.39, 0.29) is 5.12 Å². The largest absolute Gasteiger partial charge is 0.287 e. The third-order valence-electron chi connectivity index (χ3n) is 2.37. The zero-order chi connectivity index (χ0) is 13.1. The molecule has 0 aliphatic carbocycles. The number of carbonyl (C=O) groups is 1. The molecule has 0 aliphatic heterocycles. The summed E-state index contributed by atoms with van der Waals surface area (Å²) in [6, 6.07) is 10.9. The molecule has 92 valence electrons. The van der Waals surface area contributed by atoms with Crippen LogP contribution in [0.25, 0.3) is 11.1 Å². The van der Waals surface area contributed by atoms with Crippen LogP contribution < -0.4 is 0 Å². The Kier molecular flexibility index (Phi) is 3.77. The topological polar surface area (TPSA) is 17.1 Å². The molecule has 0 N–H and O–H groups in total. The molecule has 0 bridgehead atoms. The summed E-state index contributed by atoms with van der Waals surface area (Å²) in [4.78, 5) is 11.7. The van der Waals surface area contributed by atoms with Crippen LogP contribution in [0.3, 0.4) is 0 Å². The van der Waals surface area contributed by atoms with Crippen molar-refractivity contribution in [1.29, 1.82) is 0 Å². The van der Waals surface area contributed by atoms with Crippen molar-refractivity contribution >= 4 is 16.9 Å². The van der Waals surface area contributed by atoms with Crippen molar-refractivity contribution in [2.45, 2.75) is 11.8 Å². The van der Waals surface area contributed by atoms with Crippen molar-refractivity contribution in [3.63, 3.8) is 0 Å². The van der Waals surface area contributed by atoms with Crippen molar-refractivity contribution in [1.82, 2.24) is 0 Å². The molecule has 4 heteroatoms. The van der Waals surface area contributed by atoms with E-state index in [4.69, 9.17) is 0 Å². The van der Waals surface area contributed by atoms with E-state index in [2.05, 4.69) is 0 Å². The first-order valence-electron chi connectivity index (χ1n) is 5.30. The molecule has 0 fully saturated rings. The zero-order valence-electron chi connectivity index (χ0n) is 9.61. The maximum Gasteiger partial charge on any atom is 0.190 e. The lowest BCUT2D eigenvalue weighted by molar-refractivity contribution is -0.109. The van der Waals surface area contributed by atoms with Gasteiger partial charge in [0, 0.05) is 11.8 Å². The minimum absolute atomic E-state index is 0.00979. The van der Waals surface area contributed by atoms with Gasteiger partial charge in [0.15, 0.2) is 16.7 Å². The van der Waals surface area contributed by atoms with Crippen LogP contribution in [0.15, 0.2) is 47.4 Å². The van der Waals surface area contributed by atoms with Gasteiger partial charge in [0.25, 0.3) is 0 Å². The molecule has 0 atom stereocenters. The predicted octanol–water partition coefficient (Wildman–Crippen LogP) is 4.27. The molecule has 0 heterocycles. The maximum atomic E-state index is 13.1. The van der Waals surface area contributed by atoms with Crippen molar-refractivity contribution in [2.24, 2.45) is 0 Å². The van der Waals surface area contributed by atoms with Crippen LogP contribution in [-0.2, 0) is 4.79 Å². The maximum absolute atomic E-state index is 13.1. The molecule has 18 heavy (non-hydrogen) atoms. The Morgan fingerprint density at radius 1 is 0.944 bits per heavy atom. The number of rotatable bonds is 2. The van der Waals surface area contributed by atoms with Gasteiger partial charge in [-0.3, -0.25) is 4.79 Å². The first-order chi connectivity index (χ1) is 8.56. The number of thioether (sulfide) groups is 1. The van der Waals surface area contributed by atoms with Crippen LogP contribution >= 0.6 is 11.8 Å². The van der Waals surface area contributed by atoms with Gasteiger partial charge in [-0.15, -0.1) is 0 Å². The van der Waals surface area contributed by atoms with Crippen molar-refractivity contribution < 1.29 is 13.6 Å². The summed E-state index contributed by atoms with van der Waals surface area (Å²) in [5.41, 5.74) is 1.38. The molecule has 2 aromatic rings. The fourth-order valence-electron chi connectivity index (χ4n) is 1.56. The third-order valence-corrected chi connectivity index (χ3v) is 3.16. The SMILES string of the molecule is CC(=O)Sc1ccc(-c2ccc(F)c(F)c2)cc1. The molecular formula is C14H10F2OS. The highest BCUT2D eigenvalue weighted by atomic mass is 32.2. The van der Waals surface area contributed by atoms with Gasteiger partial charge >= 0.3 is 0 Å². The summed E-state index contributed by atoms with van der Waals surface area (Å²) in [5.74, 6) is -1.72.